The number of pyridine rings is 1. The SMILES string of the molecule is CSc1cccc(CNC(=O)c2cc([N+](=O)[O-])c(CSc3c(Cl)cncc3Cl)s2)c1. The van der Waals surface area contributed by atoms with Gasteiger partial charge in [0.1, 0.15) is 0 Å². The predicted molar refractivity (Wildman–Crippen MR) is 124 cm³/mol. The van der Waals surface area contributed by atoms with E-state index in [0.29, 0.717) is 26.4 Å². The summed E-state index contributed by atoms with van der Waals surface area (Å²) in [6, 6.07) is 9.13. The third-order valence-electron chi connectivity index (χ3n) is 3.95. The van der Waals surface area contributed by atoms with Crippen LogP contribution in [-0.4, -0.2) is 22.1 Å². The van der Waals surface area contributed by atoms with E-state index in [-0.39, 0.29) is 22.2 Å². The highest BCUT2D eigenvalue weighted by atomic mass is 35.5. The van der Waals surface area contributed by atoms with E-state index in [1.807, 2.05) is 30.5 Å². The summed E-state index contributed by atoms with van der Waals surface area (Å²) in [7, 11) is 0. The zero-order chi connectivity index (χ0) is 21.7. The molecule has 0 unspecified atom stereocenters. The van der Waals surface area contributed by atoms with Gasteiger partial charge in [0, 0.05) is 40.5 Å². The van der Waals surface area contributed by atoms with Crippen molar-refractivity contribution in [2.45, 2.75) is 22.1 Å². The van der Waals surface area contributed by atoms with Crippen molar-refractivity contribution in [1.82, 2.24) is 10.3 Å². The Labute approximate surface area is 195 Å². The minimum atomic E-state index is -0.485. The number of rotatable bonds is 8. The zero-order valence-corrected chi connectivity index (χ0v) is 19.5. The van der Waals surface area contributed by atoms with Crippen molar-refractivity contribution in [2.24, 2.45) is 0 Å². The van der Waals surface area contributed by atoms with Gasteiger partial charge in [-0.05, 0) is 24.0 Å². The number of carbonyl (C=O) groups excluding carboxylic acids is 1. The van der Waals surface area contributed by atoms with Crippen LogP contribution in [0.15, 0.2) is 52.5 Å². The van der Waals surface area contributed by atoms with Gasteiger partial charge >= 0.3 is 0 Å². The monoisotopic (exact) mass is 499 g/mol. The number of hydrogen-bond acceptors (Lipinski definition) is 7. The number of nitrogens with one attached hydrogen (secondary N) is 1. The quantitative estimate of drug-likeness (QED) is 0.222. The van der Waals surface area contributed by atoms with E-state index in [1.54, 1.807) is 11.8 Å². The van der Waals surface area contributed by atoms with E-state index >= 15 is 0 Å². The summed E-state index contributed by atoms with van der Waals surface area (Å²) in [5.41, 5.74) is 0.863. The van der Waals surface area contributed by atoms with Crippen LogP contribution in [0.2, 0.25) is 10.0 Å². The lowest BCUT2D eigenvalue weighted by atomic mass is 10.2. The maximum Gasteiger partial charge on any atom is 0.284 e. The summed E-state index contributed by atoms with van der Waals surface area (Å²) in [6.45, 7) is 0.339. The fourth-order valence-electron chi connectivity index (χ4n) is 2.52. The number of carbonyl (C=O) groups is 1. The minimum Gasteiger partial charge on any atom is -0.347 e. The average molecular weight is 500 g/mol. The fourth-order valence-corrected chi connectivity index (χ4v) is 5.75. The number of nitrogens with zero attached hydrogens (tertiary/aromatic N) is 2. The smallest absolute Gasteiger partial charge is 0.284 e. The zero-order valence-electron chi connectivity index (χ0n) is 15.6. The van der Waals surface area contributed by atoms with Crippen LogP contribution in [-0.2, 0) is 12.3 Å². The molecule has 2 aromatic heterocycles. The molecule has 0 atom stereocenters. The highest BCUT2D eigenvalue weighted by molar-refractivity contribution is 7.99. The van der Waals surface area contributed by atoms with Gasteiger partial charge in [0.15, 0.2) is 0 Å². The van der Waals surface area contributed by atoms with Gasteiger partial charge < -0.3 is 5.32 Å². The first kappa shape index (κ1) is 22.9. The number of amides is 1. The van der Waals surface area contributed by atoms with Crippen LogP contribution in [0, 0.1) is 10.1 Å². The van der Waals surface area contributed by atoms with E-state index in [1.165, 1.54) is 30.2 Å². The summed E-state index contributed by atoms with van der Waals surface area (Å²) in [5.74, 6) is -0.0955. The normalized spacial score (nSPS) is 10.8. The first-order chi connectivity index (χ1) is 14.4. The first-order valence-electron chi connectivity index (χ1n) is 8.49. The van der Waals surface area contributed by atoms with Crippen LogP contribution in [0.5, 0.6) is 0 Å². The van der Waals surface area contributed by atoms with Gasteiger partial charge in [0.05, 0.1) is 24.7 Å². The molecular weight excluding hydrogens is 485 g/mol. The van der Waals surface area contributed by atoms with Gasteiger partial charge in [-0.15, -0.1) is 34.9 Å². The Morgan fingerprint density at radius 3 is 2.67 bits per heavy atom. The topological polar surface area (TPSA) is 85.1 Å². The highest BCUT2D eigenvalue weighted by Crippen LogP contribution is 2.39. The third-order valence-corrected chi connectivity index (χ3v) is 7.94. The summed E-state index contributed by atoms with van der Waals surface area (Å²) in [6.07, 6.45) is 4.90. The van der Waals surface area contributed by atoms with E-state index in [0.717, 1.165) is 21.8 Å². The van der Waals surface area contributed by atoms with Gasteiger partial charge in [0.2, 0.25) is 0 Å². The van der Waals surface area contributed by atoms with E-state index in [2.05, 4.69) is 10.3 Å². The fraction of sp³-hybridized carbons (Fsp3) is 0.158. The molecule has 1 N–H and O–H groups in total. The van der Waals surface area contributed by atoms with Crippen molar-refractivity contribution < 1.29 is 9.72 Å². The van der Waals surface area contributed by atoms with E-state index < -0.39 is 4.92 Å². The molecule has 0 saturated heterocycles. The molecule has 0 bridgehead atoms. The minimum absolute atomic E-state index is 0.0941. The standard InChI is InChI=1S/C19H15Cl2N3O3S3/c1-28-12-4-2-3-11(5-12)7-23-19(25)16-6-15(24(26)27)17(30-16)10-29-18-13(20)8-22-9-14(18)21/h2-6,8-9H,7,10H2,1H3,(H,23,25). The number of thiophene rings is 1. The molecule has 3 aromatic rings. The molecule has 0 spiro atoms. The molecule has 156 valence electrons. The van der Waals surface area contributed by atoms with Gasteiger partial charge in [-0.25, -0.2) is 0 Å². The second kappa shape index (κ2) is 10.5. The van der Waals surface area contributed by atoms with Crippen molar-refractivity contribution in [1.29, 1.82) is 0 Å². The summed E-state index contributed by atoms with van der Waals surface area (Å²) in [5, 5.41) is 15.0. The van der Waals surface area contributed by atoms with Crippen LogP contribution in [0.25, 0.3) is 0 Å². The van der Waals surface area contributed by atoms with Crippen LogP contribution in [0.4, 0.5) is 5.69 Å². The largest absolute Gasteiger partial charge is 0.347 e. The van der Waals surface area contributed by atoms with Crippen molar-refractivity contribution >= 4 is 69.7 Å². The number of benzene rings is 1. The maximum atomic E-state index is 12.6. The molecule has 3 rings (SSSR count). The molecule has 1 amide bonds. The highest BCUT2D eigenvalue weighted by Gasteiger charge is 2.23. The molecule has 0 aliphatic rings. The van der Waals surface area contributed by atoms with Gasteiger partial charge in [-0.2, -0.15) is 0 Å². The van der Waals surface area contributed by atoms with Crippen molar-refractivity contribution in [3.63, 3.8) is 0 Å². The molecule has 1 aromatic carbocycles. The number of halogens is 2. The molecule has 6 nitrogen and oxygen atoms in total. The summed E-state index contributed by atoms with van der Waals surface area (Å²) >= 11 is 16.2. The number of hydrogen-bond donors (Lipinski definition) is 1. The summed E-state index contributed by atoms with van der Waals surface area (Å²) < 4.78 is 0. The average Bonchev–Trinajstić information content (AvgIpc) is 3.16. The predicted octanol–water partition coefficient (Wildman–Crippen LogP) is 6.30. The molecule has 30 heavy (non-hydrogen) atoms. The molecule has 0 radical (unpaired) electrons. The second-order valence-corrected chi connectivity index (χ2v) is 9.75. The lowest BCUT2D eigenvalue weighted by molar-refractivity contribution is -0.385. The summed E-state index contributed by atoms with van der Waals surface area (Å²) in [4.78, 5) is 29.9. The molecule has 0 aliphatic carbocycles. The number of nitro groups is 1. The first-order valence-corrected chi connectivity index (χ1v) is 12.3. The van der Waals surface area contributed by atoms with Crippen LogP contribution >= 0.6 is 58.1 Å². The Morgan fingerprint density at radius 2 is 2.00 bits per heavy atom. The molecule has 2 heterocycles. The van der Waals surface area contributed by atoms with Gasteiger partial charge in [-0.3, -0.25) is 19.9 Å². The maximum absolute atomic E-state index is 12.6. The van der Waals surface area contributed by atoms with Gasteiger partial charge in [0.25, 0.3) is 11.6 Å². The second-order valence-electron chi connectivity index (χ2n) is 5.93. The van der Waals surface area contributed by atoms with E-state index in [9.17, 15) is 14.9 Å². The number of thioether (sulfide) groups is 2. The Bertz CT molecular complexity index is 1070. The Balaban J connectivity index is 1.73. The molecule has 0 saturated carbocycles. The molecule has 11 heteroatoms. The van der Waals surface area contributed by atoms with Crippen molar-refractivity contribution in [3.8, 4) is 0 Å². The molecular formula is C19H15Cl2N3O3S3. The molecule has 0 fully saturated rings. The Kier molecular flexibility index (Phi) is 8.01. The molecule has 0 aliphatic heterocycles. The van der Waals surface area contributed by atoms with Crippen LogP contribution in [0.1, 0.15) is 20.1 Å². The van der Waals surface area contributed by atoms with Crippen LogP contribution in [0.3, 0.4) is 0 Å². The van der Waals surface area contributed by atoms with E-state index in [4.69, 9.17) is 23.2 Å². The third kappa shape index (κ3) is 5.67. The number of aromatic nitrogens is 1. The Hall–Kier alpha value is -1.78. The Morgan fingerprint density at radius 1 is 1.27 bits per heavy atom. The van der Waals surface area contributed by atoms with Gasteiger partial charge in [-0.1, -0.05) is 35.3 Å². The lowest BCUT2D eigenvalue weighted by Crippen LogP contribution is -2.21. The van der Waals surface area contributed by atoms with Crippen molar-refractivity contribution in [3.05, 3.63) is 78.2 Å². The lowest BCUT2D eigenvalue weighted by Gasteiger charge is -2.05. The van der Waals surface area contributed by atoms with Crippen LogP contribution < -0.4 is 5.32 Å². The van der Waals surface area contributed by atoms with Crippen molar-refractivity contribution in [2.75, 3.05) is 6.26 Å².